The number of hydrogen-bond acceptors (Lipinski definition) is 2. The summed E-state index contributed by atoms with van der Waals surface area (Å²) in [6.45, 7) is 4.07. The molecule has 2 atom stereocenters. The Morgan fingerprint density at radius 1 is 0.952 bits per heavy atom. The van der Waals surface area contributed by atoms with E-state index < -0.39 is 6.10 Å². The van der Waals surface area contributed by atoms with E-state index in [0.29, 0.717) is 0 Å². The molecule has 3 heteroatoms. The molecule has 1 fully saturated rings. The fraction of sp³-hybridized carbons (Fsp3) is 0.278. The summed E-state index contributed by atoms with van der Waals surface area (Å²) in [7, 11) is 0. The van der Waals surface area contributed by atoms with Crippen LogP contribution in [0.15, 0.2) is 60.7 Å². The first-order chi connectivity index (χ1) is 10.2. The van der Waals surface area contributed by atoms with Crippen LogP contribution in [0.25, 0.3) is 0 Å². The lowest BCUT2D eigenvalue weighted by molar-refractivity contribution is -0.167. The summed E-state index contributed by atoms with van der Waals surface area (Å²) in [5.41, 5.74) is 1.12. The molecule has 0 bridgehead atoms. The maximum atomic E-state index is 12.4. The van der Waals surface area contributed by atoms with E-state index in [-0.39, 0.29) is 18.0 Å². The summed E-state index contributed by atoms with van der Waals surface area (Å²) < 4.78 is 5.92. The smallest absolute Gasteiger partial charge is 0.267 e. The Hall–Kier alpha value is -2.29. The minimum absolute atomic E-state index is 0.0149. The number of amides is 1. The summed E-state index contributed by atoms with van der Waals surface area (Å²) >= 11 is 0. The van der Waals surface area contributed by atoms with E-state index in [1.54, 1.807) is 0 Å². The van der Waals surface area contributed by atoms with E-state index >= 15 is 0 Å². The Kier molecular flexibility index (Phi) is 3.65. The zero-order chi connectivity index (χ0) is 14.8. The maximum Gasteiger partial charge on any atom is 0.267 e. The molecule has 3 nitrogen and oxygen atoms in total. The minimum Gasteiger partial charge on any atom is -0.478 e. The number of ether oxygens (including phenoxy) is 1. The average molecular weight is 281 g/mol. The standard InChI is InChI=1S/C18H19NO2/c1-13(2)19-16(14-9-5-3-6-10-14)17(18(19)20)21-15-11-7-4-8-12-15/h3-13,16-17H,1-2H3/t16-,17+/m0/s1. The van der Waals surface area contributed by atoms with Crippen LogP contribution in [-0.4, -0.2) is 23.0 Å². The van der Waals surface area contributed by atoms with Gasteiger partial charge in [-0.2, -0.15) is 0 Å². The first-order valence-electron chi connectivity index (χ1n) is 7.27. The van der Waals surface area contributed by atoms with Crippen LogP contribution in [0.4, 0.5) is 0 Å². The highest BCUT2D eigenvalue weighted by Gasteiger charge is 2.51. The van der Waals surface area contributed by atoms with E-state index in [4.69, 9.17) is 4.74 Å². The van der Waals surface area contributed by atoms with Crippen LogP contribution in [0, 0.1) is 0 Å². The van der Waals surface area contributed by atoms with Gasteiger partial charge < -0.3 is 9.64 Å². The topological polar surface area (TPSA) is 29.5 Å². The van der Waals surface area contributed by atoms with Crippen LogP contribution >= 0.6 is 0 Å². The zero-order valence-corrected chi connectivity index (χ0v) is 12.3. The van der Waals surface area contributed by atoms with Crippen molar-refractivity contribution in [2.24, 2.45) is 0 Å². The van der Waals surface area contributed by atoms with E-state index in [9.17, 15) is 4.79 Å². The lowest BCUT2D eigenvalue weighted by Crippen LogP contribution is -2.63. The highest BCUT2D eigenvalue weighted by molar-refractivity contribution is 5.89. The van der Waals surface area contributed by atoms with Crippen LogP contribution in [0.3, 0.4) is 0 Å². The summed E-state index contributed by atoms with van der Waals surface area (Å²) in [5, 5.41) is 0. The van der Waals surface area contributed by atoms with Gasteiger partial charge in [0.25, 0.3) is 5.91 Å². The van der Waals surface area contributed by atoms with E-state index in [0.717, 1.165) is 11.3 Å². The van der Waals surface area contributed by atoms with Crippen molar-refractivity contribution in [2.75, 3.05) is 0 Å². The van der Waals surface area contributed by atoms with Gasteiger partial charge in [-0.05, 0) is 31.5 Å². The molecule has 1 heterocycles. The molecule has 108 valence electrons. The van der Waals surface area contributed by atoms with Gasteiger partial charge in [-0.3, -0.25) is 4.79 Å². The Morgan fingerprint density at radius 2 is 1.52 bits per heavy atom. The molecule has 1 aliphatic rings. The zero-order valence-electron chi connectivity index (χ0n) is 12.3. The Balaban J connectivity index is 1.87. The Bertz CT molecular complexity index is 610. The lowest BCUT2D eigenvalue weighted by Gasteiger charge is -2.49. The summed E-state index contributed by atoms with van der Waals surface area (Å²) in [6.07, 6.45) is -0.433. The molecule has 0 N–H and O–H groups in total. The third-order valence-electron chi connectivity index (χ3n) is 3.79. The van der Waals surface area contributed by atoms with Crippen molar-refractivity contribution in [3.05, 3.63) is 66.2 Å². The molecule has 0 aromatic heterocycles. The van der Waals surface area contributed by atoms with Crippen molar-refractivity contribution in [3.63, 3.8) is 0 Å². The number of likely N-dealkylation sites (tertiary alicyclic amines) is 1. The number of carbonyl (C=O) groups excluding carboxylic acids is 1. The predicted molar refractivity (Wildman–Crippen MR) is 82.0 cm³/mol. The molecule has 0 unspecified atom stereocenters. The molecule has 2 aromatic rings. The second-order valence-electron chi connectivity index (χ2n) is 5.55. The molecule has 0 aliphatic carbocycles. The number of para-hydroxylation sites is 1. The first kappa shape index (κ1) is 13.7. The fourth-order valence-corrected chi connectivity index (χ4v) is 2.80. The van der Waals surface area contributed by atoms with Gasteiger partial charge in [-0.15, -0.1) is 0 Å². The summed E-state index contributed by atoms with van der Waals surface area (Å²) in [6, 6.07) is 19.8. The number of β-lactam (4-membered cyclic amide) rings is 1. The van der Waals surface area contributed by atoms with Gasteiger partial charge in [-0.1, -0.05) is 48.5 Å². The number of nitrogens with zero attached hydrogens (tertiary/aromatic N) is 1. The summed E-state index contributed by atoms with van der Waals surface area (Å²) in [4.78, 5) is 14.3. The Morgan fingerprint density at radius 3 is 2.10 bits per heavy atom. The molecular weight excluding hydrogens is 262 g/mol. The molecule has 0 radical (unpaired) electrons. The number of rotatable bonds is 4. The van der Waals surface area contributed by atoms with Crippen molar-refractivity contribution in [1.29, 1.82) is 0 Å². The van der Waals surface area contributed by atoms with E-state index in [2.05, 4.69) is 0 Å². The predicted octanol–water partition coefficient (Wildman–Crippen LogP) is 3.43. The van der Waals surface area contributed by atoms with Crippen LogP contribution in [0.5, 0.6) is 5.75 Å². The molecule has 1 aliphatic heterocycles. The number of carbonyl (C=O) groups is 1. The quantitative estimate of drug-likeness (QED) is 0.804. The number of hydrogen-bond donors (Lipinski definition) is 0. The van der Waals surface area contributed by atoms with Crippen molar-refractivity contribution < 1.29 is 9.53 Å². The van der Waals surface area contributed by atoms with Crippen LogP contribution in [0.2, 0.25) is 0 Å². The van der Waals surface area contributed by atoms with Gasteiger partial charge in [0.15, 0.2) is 0 Å². The van der Waals surface area contributed by atoms with Gasteiger partial charge >= 0.3 is 0 Å². The third kappa shape index (κ3) is 2.51. The SMILES string of the molecule is CC(C)N1C(=O)[C@H](Oc2ccccc2)[C@@H]1c1ccccc1. The number of benzene rings is 2. The largest absolute Gasteiger partial charge is 0.478 e. The van der Waals surface area contributed by atoms with Crippen molar-refractivity contribution in [1.82, 2.24) is 4.90 Å². The van der Waals surface area contributed by atoms with E-state index in [1.807, 2.05) is 79.4 Å². The molecule has 2 aromatic carbocycles. The van der Waals surface area contributed by atoms with Gasteiger partial charge in [0.1, 0.15) is 11.8 Å². The molecule has 0 saturated carbocycles. The average Bonchev–Trinajstić information content (AvgIpc) is 2.51. The molecule has 1 amide bonds. The second kappa shape index (κ2) is 5.60. The second-order valence-corrected chi connectivity index (χ2v) is 5.55. The van der Waals surface area contributed by atoms with Crippen LogP contribution in [-0.2, 0) is 4.79 Å². The molecule has 0 spiro atoms. The van der Waals surface area contributed by atoms with Crippen molar-refractivity contribution in [2.45, 2.75) is 32.0 Å². The normalized spacial score (nSPS) is 21.3. The van der Waals surface area contributed by atoms with Gasteiger partial charge in [0.2, 0.25) is 6.10 Å². The van der Waals surface area contributed by atoms with Crippen molar-refractivity contribution >= 4 is 5.91 Å². The van der Waals surface area contributed by atoms with Crippen LogP contribution < -0.4 is 4.74 Å². The molecular formula is C18H19NO2. The minimum atomic E-state index is -0.433. The summed E-state index contributed by atoms with van der Waals surface area (Å²) in [5.74, 6) is 0.794. The monoisotopic (exact) mass is 281 g/mol. The van der Waals surface area contributed by atoms with Crippen LogP contribution in [0.1, 0.15) is 25.5 Å². The maximum absolute atomic E-state index is 12.4. The highest BCUT2D eigenvalue weighted by Crippen LogP contribution is 2.38. The van der Waals surface area contributed by atoms with Gasteiger partial charge in [0.05, 0.1) is 0 Å². The molecule has 3 rings (SSSR count). The Labute approximate surface area is 125 Å². The highest BCUT2D eigenvalue weighted by atomic mass is 16.5. The van der Waals surface area contributed by atoms with E-state index in [1.165, 1.54) is 0 Å². The third-order valence-corrected chi connectivity index (χ3v) is 3.79. The molecule has 1 saturated heterocycles. The van der Waals surface area contributed by atoms with Gasteiger partial charge in [-0.25, -0.2) is 0 Å². The fourth-order valence-electron chi connectivity index (χ4n) is 2.80. The first-order valence-corrected chi connectivity index (χ1v) is 7.27. The van der Waals surface area contributed by atoms with Gasteiger partial charge in [0, 0.05) is 6.04 Å². The van der Waals surface area contributed by atoms with Crippen molar-refractivity contribution in [3.8, 4) is 5.75 Å². The lowest BCUT2D eigenvalue weighted by atomic mass is 9.89. The molecule has 21 heavy (non-hydrogen) atoms.